The highest BCUT2D eigenvalue weighted by molar-refractivity contribution is 6.36. The number of methoxy groups -OCH3 is 1. The van der Waals surface area contributed by atoms with Crippen LogP contribution in [0.4, 0.5) is 5.69 Å². The molecule has 4 heteroatoms. The van der Waals surface area contributed by atoms with Crippen molar-refractivity contribution >= 4 is 28.9 Å². The summed E-state index contributed by atoms with van der Waals surface area (Å²) in [4.78, 5) is 0. The van der Waals surface area contributed by atoms with E-state index in [9.17, 15) is 0 Å². The Kier molecular flexibility index (Phi) is 3.90. The molecule has 0 bridgehead atoms. The van der Waals surface area contributed by atoms with E-state index < -0.39 is 0 Å². The Bertz CT molecular complexity index is 326. The van der Waals surface area contributed by atoms with Crippen LogP contribution in [0.1, 0.15) is 13.8 Å². The fraction of sp³-hybridized carbons (Fsp3) is 0.400. The zero-order chi connectivity index (χ0) is 10.7. The zero-order valence-electron chi connectivity index (χ0n) is 8.40. The maximum atomic E-state index is 6.02. The predicted octanol–water partition coefficient (Wildman–Crippen LogP) is 3.82. The fourth-order valence-electron chi connectivity index (χ4n) is 1.11. The summed E-state index contributed by atoms with van der Waals surface area (Å²) >= 11 is 12.0. The van der Waals surface area contributed by atoms with Crippen molar-refractivity contribution in [2.45, 2.75) is 19.9 Å². The molecule has 78 valence electrons. The van der Waals surface area contributed by atoms with Crippen LogP contribution >= 0.6 is 23.2 Å². The van der Waals surface area contributed by atoms with Gasteiger partial charge in [0.15, 0.2) is 0 Å². The monoisotopic (exact) mass is 233 g/mol. The molecule has 0 aromatic heterocycles. The second kappa shape index (κ2) is 4.76. The van der Waals surface area contributed by atoms with Gasteiger partial charge in [0.2, 0.25) is 0 Å². The van der Waals surface area contributed by atoms with Crippen molar-refractivity contribution in [2.24, 2.45) is 0 Å². The molecule has 0 saturated heterocycles. The highest BCUT2D eigenvalue weighted by atomic mass is 35.5. The number of nitrogens with one attached hydrogen (secondary N) is 1. The van der Waals surface area contributed by atoms with Gasteiger partial charge in [-0.15, -0.1) is 0 Å². The Morgan fingerprint density at radius 1 is 1.21 bits per heavy atom. The molecule has 0 atom stereocenters. The van der Waals surface area contributed by atoms with Crippen LogP contribution in [0, 0.1) is 0 Å². The van der Waals surface area contributed by atoms with Gasteiger partial charge < -0.3 is 10.1 Å². The van der Waals surface area contributed by atoms with Gasteiger partial charge in [-0.05, 0) is 19.9 Å². The van der Waals surface area contributed by atoms with Gasteiger partial charge >= 0.3 is 0 Å². The zero-order valence-corrected chi connectivity index (χ0v) is 9.91. The van der Waals surface area contributed by atoms with Crippen LogP contribution in [0.15, 0.2) is 12.1 Å². The molecule has 0 heterocycles. The molecular formula is C10H13Cl2NO. The van der Waals surface area contributed by atoms with Gasteiger partial charge in [0.25, 0.3) is 0 Å². The van der Waals surface area contributed by atoms with Crippen LogP contribution in [0.5, 0.6) is 5.75 Å². The first kappa shape index (κ1) is 11.5. The predicted molar refractivity (Wildman–Crippen MR) is 61.8 cm³/mol. The van der Waals surface area contributed by atoms with E-state index in [-0.39, 0.29) is 0 Å². The molecule has 2 nitrogen and oxygen atoms in total. The summed E-state index contributed by atoms with van der Waals surface area (Å²) in [6.45, 7) is 4.07. The Balaban J connectivity index is 3.02. The minimum Gasteiger partial charge on any atom is -0.495 e. The van der Waals surface area contributed by atoms with E-state index in [0.29, 0.717) is 21.8 Å². The standard InChI is InChI=1S/C10H13Cl2NO/c1-6(2)13-9-4-8(12)10(14-3)5-7(9)11/h4-6,13H,1-3H3. The van der Waals surface area contributed by atoms with Gasteiger partial charge in [0, 0.05) is 12.1 Å². The third-order valence-electron chi connectivity index (χ3n) is 1.69. The molecule has 1 aromatic carbocycles. The van der Waals surface area contributed by atoms with Gasteiger partial charge in [0.05, 0.1) is 22.8 Å². The van der Waals surface area contributed by atoms with Gasteiger partial charge in [-0.25, -0.2) is 0 Å². The maximum absolute atomic E-state index is 6.02. The lowest BCUT2D eigenvalue weighted by molar-refractivity contribution is 0.415. The molecule has 14 heavy (non-hydrogen) atoms. The summed E-state index contributed by atoms with van der Waals surface area (Å²) in [7, 11) is 1.56. The first-order valence-electron chi connectivity index (χ1n) is 4.34. The van der Waals surface area contributed by atoms with Crippen LogP contribution in [-0.4, -0.2) is 13.2 Å². The normalized spacial score (nSPS) is 10.4. The van der Waals surface area contributed by atoms with E-state index in [1.54, 1.807) is 19.2 Å². The average molecular weight is 234 g/mol. The molecule has 0 aliphatic carbocycles. The molecule has 1 rings (SSSR count). The van der Waals surface area contributed by atoms with Crippen LogP contribution < -0.4 is 10.1 Å². The van der Waals surface area contributed by atoms with Gasteiger partial charge in [-0.1, -0.05) is 23.2 Å². The van der Waals surface area contributed by atoms with E-state index >= 15 is 0 Å². The third kappa shape index (κ3) is 2.69. The summed E-state index contributed by atoms with van der Waals surface area (Å²) in [5.41, 5.74) is 0.826. The Morgan fingerprint density at radius 3 is 2.36 bits per heavy atom. The Hall–Kier alpha value is -0.600. The molecule has 1 N–H and O–H groups in total. The van der Waals surface area contributed by atoms with Crippen molar-refractivity contribution in [1.82, 2.24) is 0 Å². The number of ether oxygens (including phenoxy) is 1. The number of halogens is 2. The summed E-state index contributed by atoms with van der Waals surface area (Å²) < 4.78 is 5.04. The number of benzene rings is 1. The van der Waals surface area contributed by atoms with Crippen LogP contribution in [0.3, 0.4) is 0 Å². The average Bonchev–Trinajstić information content (AvgIpc) is 2.10. The third-order valence-corrected chi connectivity index (χ3v) is 2.29. The number of anilines is 1. The number of hydrogen-bond donors (Lipinski definition) is 1. The molecule has 0 amide bonds. The Morgan fingerprint density at radius 2 is 1.86 bits per heavy atom. The van der Waals surface area contributed by atoms with E-state index in [4.69, 9.17) is 27.9 Å². The second-order valence-corrected chi connectivity index (χ2v) is 4.08. The van der Waals surface area contributed by atoms with Gasteiger partial charge in [0.1, 0.15) is 5.75 Å². The smallest absolute Gasteiger partial charge is 0.139 e. The van der Waals surface area contributed by atoms with Crippen molar-refractivity contribution in [3.8, 4) is 5.75 Å². The SMILES string of the molecule is COc1cc(Cl)c(NC(C)C)cc1Cl. The lowest BCUT2D eigenvalue weighted by atomic mass is 10.2. The van der Waals surface area contributed by atoms with E-state index in [0.717, 1.165) is 5.69 Å². The summed E-state index contributed by atoms with van der Waals surface area (Å²) in [5, 5.41) is 4.36. The van der Waals surface area contributed by atoms with Crippen molar-refractivity contribution in [3.05, 3.63) is 22.2 Å². The lowest BCUT2D eigenvalue weighted by Crippen LogP contribution is -2.10. The van der Waals surface area contributed by atoms with Crippen molar-refractivity contribution in [3.63, 3.8) is 0 Å². The first-order chi connectivity index (χ1) is 6.54. The van der Waals surface area contributed by atoms with E-state index in [2.05, 4.69) is 5.32 Å². The van der Waals surface area contributed by atoms with Gasteiger partial charge in [-0.3, -0.25) is 0 Å². The fourth-order valence-corrected chi connectivity index (χ4v) is 1.56. The molecule has 0 unspecified atom stereocenters. The molecule has 1 aromatic rings. The summed E-state index contributed by atoms with van der Waals surface area (Å²) in [6, 6.07) is 3.79. The van der Waals surface area contributed by atoms with E-state index in [1.165, 1.54) is 0 Å². The summed E-state index contributed by atoms with van der Waals surface area (Å²) in [6.07, 6.45) is 0. The van der Waals surface area contributed by atoms with Crippen molar-refractivity contribution in [1.29, 1.82) is 0 Å². The molecule has 0 saturated carbocycles. The largest absolute Gasteiger partial charge is 0.495 e. The van der Waals surface area contributed by atoms with Crippen LogP contribution in [0.2, 0.25) is 10.0 Å². The van der Waals surface area contributed by atoms with Gasteiger partial charge in [-0.2, -0.15) is 0 Å². The molecule has 0 spiro atoms. The highest BCUT2D eigenvalue weighted by Crippen LogP contribution is 2.34. The molecule has 0 radical (unpaired) electrons. The number of hydrogen-bond acceptors (Lipinski definition) is 2. The lowest BCUT2D eigenvalue weighted by Gasteiger charge is -2.13. The Labute approximate surface area is 94.2 Å². The van der Waals surface area contributed by atoms with Crippen LogP contribution in [-0.2, 0) is 0 Å². The minimum absolute atomic E-state index is 0.317. The topological polar surface area (TPSA) is 21.3 Å². The first-order valence-corrected chi connectivity index (χ1v) is 5.09. The highest BCUT2D eigenvalue weighted by Gasteiger charge is 2.07. The second-order valence-electron chi connectivity index (χ2n) is 3.27. The quantitative estimate of drug-likeness (QED) is 0.858. The molecule has 0 aliphatic rings. The number of rotatable bonds is 3. The summed E-state index contributed by atoms with van der Waals surface area (Å²) in [5.74, 6) is 0.589. The molecular weight excluding hydrogens is 221 g/mol. The minimum atomic E-state index is 0.317. The van der Waals surface area contributed by atoms with Crippen molar-refractivity contribution in [2.75, 3.05) is 12.4 Å². The van der Waals surface area contributed by atoms with Crippen molar-refractivity contribution < 1.29 is 4.74 Å². The van der Waals surface area contributed by atoms with E-state index in [1.807, 2.05) is 13.8 Å². The van der Waals surface area contributed by atoms with Crippen LogP contribution in [0.25, 0.3) is 0 Å². The molecule has 0 fully saturated rings. The maximum Gasteiger partial charge on any atom is 0.139 e. The molecule has 0 aliphatic heterocycles.